The summed E-state index contributed by atoms with van der Waals surface area (Å²) in [4.78, 5) is 11.3. The van der Waals surface area contributed by atoms with Gasteiger partial charge in [-0.15, -0.1) is 13.2 Å². The highest BCUT2D eigenvalue weighted by atomic mass is 32.2. The van der Waals surface area contributed by atoms with Gasteiger partial charge in [0, 0.05) is 27.2 Å². The Bertz CT molecular complexity index is 861. The first-order valence-electron chi connectivity index (χ1n) is 10.7. The lowest BCUT2D eigenvalue weighted by Crippen LogP contribution is -2.72. The van der Waals surface area contributed by atoms with Gasteiger partial charge in [0.05, 0.1) is 6.61 Å². The quantitative estimate of drug-likeness (QED) is 0.152. The van der Waals surface area contributed by atoms with Gasteiger partial charge in [-0.3, -0.25) is 19.6 Å². The largest absolute Gasteiger partial charge is 0.522 e. The molecule has 38 heavy (non-hydrogen) atoms. The predicted molar refractivity (Wildman–Crippen MR) is 114 cm³/mol. The molecular weight excluding hydrogens is 568 g/mol. The number of nitrogens with zero attached hydrogens (tertiary/aromatic N) is 4. The number of likely N-dealkylation sites (N-methyl/N-ethyl adjacent to an activating group) is 2. The molecular formula is C17H32F8N6O6S. The fourth-order valence-electron chi connectivity index (χ4n) is 2.61. The zero-order valence-corrected chi connectivity index (χ0v) is 22.2. The Morgan fingerprint density at radius 1 is 1.05 bits per heavy atom. The van der Waals surface area contributed by atoms with Crippen LogP contribution >= 0.6 is 0 Å². The van der Waals surface area contributed by atoms with Crippen molar-refractivity contribution in [3.63, 3.8) is 0 Å². The minimum atomic E-state index is -5.16. The number of nitrogens with two attached hydrogens (primary N) is 1. The average Bonchev–Trinajstić information content (AvgIpc) is 2.75. The van der Waals surface area contributed by atoms with E-state index in [4.69, 9.17) is 5.73 Å². The molecule has 0 fully saturated rings. The molecule has 0 spiro atoms. The lowest BCUT2D eigenvalue weighted by molar-refractivity contribution is -0.345. The minimum Gasteiger partial charge on any atom is -0.320 e. The zero-order chi connectivity index (χ0) is 30.3. The Kier molecular flexibility index (Phi) is 13.2. The molecule has 0 aliphatic heterocycles. The number of amides is 1. The van der Waals surface area contributed by atoms with Gasteiger partial charge < -0.3 is 10.5 Å². The summed E-state index contributed by atoms with van der Waals surface area (Å²) >= 11 is 0. The molecule has 0 heterocycles. The van der Waals surface area contributed by atoms with E-state index in [1.165, 1.54) is 13.8 Å². The number of hydrazine groups is 3. The van der Waals surface area contributed by atoms with Crippen LogP contribution in [0.3, 0.4) is 0 Å². The molecule has 2 atom stereocenters. The maximum Gasteiger partial charge on any atom is 0.522 e. The molecule has 21 heteroatoms. The van der Waals surface area contributed by atoms with Gasteiger partial charge in [0.15, 0.2) is 0 Å². The highest BCUT2D eigenvalue weighted by Crippen LogP contribution is 2.29. The number of hydrogen-bond donors (Lipinski definition) is 2. The van der Waals surface area contributed by atoms with Crippen LogP contribution in [-0.2, 0) is 29.0 Å². The summed E-state index contributed by atoms with van der Waals surface area (Å²) in [5.74, 6) is -5.62. The van der Waals surface area contributed by atoms with E-state index in [0.717, 1.165) is 21.0 Å². The van der Waals surface area contributed by atoms with Gasteiger partial charge in [0.2, 0.25) is 0 Å². The Labute approximate surface area is 214 Å². The predicted octanol–water partition coefficient (Wildman–Crippen LogP) is 1.39. The topological polar surface area (TPSA) is 130 Å². The molecule has 228 valence electrons. The highest BCUT2D eigenvalue weighted by Gasteiger charge is 2.55. The van der Waals surface area contributed by atoms with Crippen LogP contribution < -0.4 is 11.1 Å². The molecule has 0 saturated heterocycles. The number of ether oxygens (including phenoxy) is 3. The summed E-state index contributed by atoms with van der Waals surface area (Å²) < 4.78 is 142. The smallest absolute Gasteiger partial charge is 0.320 e. The molecule has 0 bridgehead atoms. The number of carbonyl (C=O) groups is 1. The van der Waals surface area contributed by atoms with Crippen molar-refractivity contribution in [2.24, 2.45) is 5.73 Å². The fraction of sp³-hybridized carbons (Fsp3) is 0.941. The van der Waals surface area contributed by atoms with Crippen LogP contribution in [0.2, 0.25) is 0 Å². The first-order valence-corrected chi connectivity index (χ1v) is 12.1. The van der Waals surface area contributed by atoms with Crippen molar-refractivity contribution in [1.29, 1.82) is 0 Å². The van der Waals surface area contributed by atoms with E-state index in [1.54, 1.807) is 5.32 Å². The molecule has 2 unspecified atom stereocenters. The SMILES string of the molecule is CCN(CCOC(F)(F)F)N(N(C(=O)C(NC)(OCC(F)(F)F)OC(F)F)N(C)C)S(=O)(=O)C(C)(N)CC. The van der Waals surface area contributed by atoms with E-state index in [2.05, 4.69) is 14.2 Å². The standard InChI is InChI=1S/C17H32F8N6O6S/c1-7-14(3,26)38(33,34)31(29(8-2)9-10-35-17(23,24)25)30(28(5)6)12(32)16(27-4,37-13(18)19)36-11-15(20,21)22/h13,27H,7-11,26H2,1-6H3. The second kappa shape index (κ2) is 13.7. The second-order valence-electron chi connectivity index (χ2n) is 7.83. The van der Waals surface area contributed by atoms with Gasteiger partial charge in [-0.25, -0.2) is 18.4 Å². The van der Waals surface area contributed by atoms with E-state index in [9.17, 15) is 48.3 Å². The Morgan fingerprint density at radius 2 is 1.58 bits per heavy atom. The molecule has 1 amide bonds. The summed E-state index contributed by atoms with van der Waals surface area (Å²) in [6.45, 7) is -5.20. The molecule has 0 aliphatic carbocycles. The monoisotopic (exact) mass is 600 g/mol. The summed E-state index contributed by atoms with van der Waals surface area (Å²) in [6.07, 6.45) is -10.6. The first-order chi connectivity index (χ1) is 17.0. The third kappa shape index (κ3) is 9.93. The lowest BCUT2D eigenvalue weighted by atomic mass is 10.3. The van der Waals surface area contributed by atoms with Crippen LogP contribution in [0.5, 0.6) is 0 Å². The average molecular weight is 601 g/mol. The summed E-state index contributed by atoms with van der Waals surface area (Å²) in [6, 6.07) is 0. The number of alkyl halides is 8. The molecule has 0 aromatic carbocycles. The third-order valence-corrected chi connectivity index (χ3v) is 7.04. The van der Waals surface area contributed by atoms with Crippen LogP contribution in [0.15, 0.2) is 0 Å². The molecule has 12 nitrogen and oxygen atoms in total. The molecule has 0 aromatic heterocycles. The van der Waals surface area contributed by atoms with Crippen LogP contribution in [0.1, 0.15) is 27.2 Å². The molecule has 0 aliphatic rings. The van der Waals surface area contributed by atoms with Crippen LogP contribution in [0.25, 0.3) is 0 Å². The van der Waals surface area contributed by atoms with Crippen molar-refractivity contribution in [1.82, 2.24) is 25.0 Å². The van der Waals surface area contributed by atoms with Gasteiger partial charge in [-0.05, 0) is 24.9 Å². The maximum atomic E-state index is 13.6. The fourth-order valence-corrected chi connectivity index (χ4v) is 4.27. The van der Waals surface area contributed by atoms with Crippen molar-refractivity contribution < 1.29 is 62.5 Å². The van der Waals surface area contributed by atoms with Gasteiger partial charge in [-0.2, -0.15) is 27.1 Å². The highest BCUT2D eigenvalue weighted by molar-refractivity contribution is 7.90. The van der Waals surface area contributed by atoms with E-state index >= 15 is 0 Å². The van der Waals surface area contributed by atoms with Crippen LogP contribution in [0.4, 0.5) is 35.1 Å². The Balaban J connectivity index is 7.05. The number of sulfonamides is 1. The maximum absolute atomic E-state index is 13.6. The third-order valence-electron chi connectivity index (χ3n) is 4.76. The number of halogens is 8. The van der Waals surface area contributed by atoms with Gasteiger partial charge in [0.1, 0.15) is 11.5 Å². The van der Waals surface area contributed by atoms with Crippen molar-refractivity contribution in [3.8, 4) is 0 Å². The van der Waals surface area contributed by atoms with E-state index < -0.39 is 72.2 Å². The van der Waals surface area contributed by atoms with Gasteiger partial charge in [0.25, 0.3) is 10.0 Å². The molecule has 0 radical (unpaired) electrons. The van der Waals surface area contributed by atoms with Gasteiger partial charge >= 0.3 is 31.0 Å². The van der Waals surface area contributed by atoms with E-state index in [-0.39, 0.29) is 16.1 Å². The number of carbonyl (C=O) groups excluding carboxylic acids is 1. The molecule has 0 rings (SSSR count). The van der Waals surface area contributed by atoms with E-state index in [0.29, 0.717) is 17.1 Å². The molecule has 0 aromatic rings. The summed E-state index contributed by atoms with van der Waals surface area (Å²) in [5.41, 5.74) is 5.89. The minimum absolute atomic E-state index is 0.0163. The van der Waals surface area contributed by atoms with Crippen molar-refractivity contribution in [2.45, 2.75) is 57.1 Å². The Hall–Kier alpha value is -1.46. The van der Waals surface area contributed by atoms with Crippen molar-refractivity contribution >= 4 is 15.9 Å². The number of nitrogens with one attached hydrogen (secondary N) is 1. The Morgan fingerprint density at radius 3 is 1.92 bits per heavy atom. The number of hydrogen-bond acceptors (Lipinski definition) is 10. The molecule has 3 N–H and O–H groups in total. The second-order valence-corrected chi connectivity index (χ2v) is 10.0. The normalized spacial score (nSPS) is 16.8. The van der Waals surface area contributed by atoms with Crippen LogP contribution in [-0.4, -0.2) is 111 Å². The van der Waals surface area contributed by atoms with Crippen molar-refractivity contribution in [3.05, 3.63) is 0 Å². The zero-order valence-electron chi connectivity index (χ0n) is 21.4. The summed E-state index contributed by atoms with van der Waals surface area (Å²) in [7, 11) is -2.38. The van der Waals surface area contributed by atoms with Gasteiger partial charge in [-0.1, -0.05) is 13.8 Å². The summed E-state index contributed by atoms with van der Waals surface area (Å²) in [5, 5.41) is 2.99. The number of rotatable bonds is 16. The molecule has 0 saturated carbocycles. The van der Waals surface area contributed by atoms with Crippen molar-refractivity contribution in [2.75, 3.05) is 47.4 Å². The van der Waals surface area contributed by atoms with Crippen LogP contribution in [0, 0.1) is 0 Å². The van der Waals surface area contributed by atoms with E-state index in [1.807, 2.05) is 0 Å². The lowest BCUT2D eigenvalue weighted by Gasteiger charge is -2.47. The first kappa shape index (κ1) is 36.5.